The molecule has 0 amide bonds. The normalized spacial score (nSPS) is 40.4. The molecule has 0 spiro atoms. The lowest BCUT2D eigenvalue weighted by Gasteiger charge is -2.40. The van der Waals surface area contributed by atoms with Crippen molar-refractivity contribution in [3.8, 4) is 0 Å². The van der Waals surface area contributed by atoms with Gasteiger partial charge in [-0.05, 0) is 0 Å². The molecule has 0 aromatic rings. The molecule has 0 radical (unpaired) electrons. The summed E-state index contributed by atoms with van der Waals surface area (Å²) in [5.74, 6) is 0. The minimum absolute atomic E-state index is 0.0379. The molecule has 0 saturated carbocycles. The maximum atomic E-state index is 8.97. The summed E-state index contributed by atoms with van der Waals surface area (Å²) in [6, 6.07) is 0. The van der Waals surface area contributed by atoms with E-state index < -0.39 is 18.5 Å². The zero-order valence-electron chi connectivity index (χ0n) is 6.96. The van der Waals surface area contributed by atoms with Gasteiger partial charge in [0.1, 0.15) is 31.9 Å². The molecule has 0 bridgehead atoms. The highest BCUT2D eigenvalue weighted by molar-refractivity contribution is 4.84. The van der Waals surface area contributed by atoms with Gasteiger partial charge in [-0.15, -0.1) is 0 Å². The minimum Gasteiger partial charge on any atom is -0.366 e. The van der Waals surface area contributed by atoms with Crippen molar-refractivity contribution >= 4 is 0 Å². The number of rotatable bonds is 1. The van der Waals surface area contributed by atoms with Crippen LogP contribution in [0.5, 0.6) is 0 Å². The first-order valence-corrected chi connectivity index (χ1v) is 4.08. The summed E-state index contributed by atoms with van der Waals surface area (Å²) < 4.78 is 20.3. The van der Waals surface area contributed by atoms with Crippen LogP contribution in [0.25, 0.3) is 0 Å². The van der Waals surface area contributed by atoms with Gasteiger partial charge < -0.3 is 29.2 Å². The van der Waals surface area contributed by atoms with Gasteiger partial charge in [-0.1, -0.05) is 0 Å². The van der Waals surface area contributed by atoms with Crippen molar-refractivity contribution in [2.75, 3.05) is 20.2 Å². The topological polar surface area (TPSA) is 77.4 Å². The van der Waals surface area contributed by atoms with E-state index in [9.17, 15) is 0 Å². The van der Waals surface area contributed by atoms with Gasteiger partial charge in [0.05, 0.1) is 6.61 Å². The molecule has 0 aromatic carbocycles. The molecule has 0 unspecified atom stereocenters. The van der Waals surface area contributed by atoms with Gasteiger partial charge in [0, 0.05) is 0 Å². The van der Waals surface area contributed by atoms with Crippen LogP contribution in [0.3, 0.4) is 0 Å². The average Bonchev–Trinajstić information content (AvgIpc) is 2.17. The molecule has 2 aliphatic heterocycles. The number of hydrogen-bond acceptors (Lipinski definition) is 6. The Labute approximate surface area is 75.0 Å². The Balaban J connectivity index is 2.02. The Morgan fingerprint density at radius 3 is 2.69 bits per heavy atom. The third kappa shape index (κ3) is 1.83. The lowest BCUT2D eigenvalue weighted by atomic mass is 10.1. The number of fused-ring (bicyclic) bond motifs is 1. The smallest absolute Gasteiger partial charge is 0.181 e. The summed E-state index contributed by atoms with van der Waals surface area (Å²) in [5.41, 5.74) is 0. The third-order valence-corrected chi connectivity index (χ3v) is 2.15. The van der Waals surface area contributed by atoms with Crippen LogP contribution < -0.4 is 0 Å². The molecule has 3 atom stereocenters. The number of aliphatic hydroxyl groups is 2. The van der Waals surface area contributed by atoms with Gasteiger partial charge in [0.2, 0.25) is 0 Å². The number of ether oxygens (including phenoxy) is 4. The van der Waals surface area contributed by atoms with Crippen molar-refractivity contribution in [3.63, 3.8) is 0 Å². The maximum Gasteiger partial charge on any atom is 0.181 e. The Hall–Kier alpha value is -0.240. The van der Waals surface area contributed by atoms with Crippen LogP contribution in [0.1, 0.15) is 0 Å². The predicted molar refractivity (Wildman–Crippen MR) is 38.5 cm³/mol. The Morgan fingerprint density at radius 1 is 1.08 bits per heavy atom. The highest BCUT2D eigenvalue weighted by atomic mass is 16.8. The van der Waals surface area contributed by atoms with E-state index >= 15 is 0 Å². The van der Waals surface area contributed by atoms with E-state index in [1.807, 2.05) is 0 Å². The van der Waals surface area contributed by atoms with Crippen molar-refractivity contribution in [1.29, 1.82) is 0 Å². The summed E-state index contributed by atoms with van der Waals surface area (Å²) in [5, 5.41) is 17.9. The molecular weight excluding hydrogens is 180 g/mol. The Morgan fingerprint density at radius 2 is 1.92 bits per heavy atom. The Bertz CT molecular complexity index is 170. The van der Waals surface area contributed by atoms with E-state index in [1.54, 1.807) is 0 Å². The Kier molecular flexibility index (Phi) is 2.77. The molecule has 2 fully saturated rings. The highest BCUT2D eigenvalue weighted by Gasteiger charge is 2.41. The molecule has 2 heterocycles. The summed E-state index contributed by atoms with van der Waals surface area (Å²) in [7, 11) is 0. The highest BCUT2D eigenvalue weighted by Crippen LogP contribution is 2.22. The van der Waals surface area contributed by atoms with Gasteiger partial charge in [0.15, 0.2) is 6.29 Å². The van der Waals surface area contributed by atoms with Crippen molar-refractivity contribution in [3.05, 3.63) is 0 Å². The second kappa shape index (κ2) is 3.87. The molecule has 76 valence electrons. The fourth-order valence-corrected chi connectivity index (χ4v) is 1.50. The molecule has 0 aromatic heterocycles. The summed E-state index contributed by atoms with van der Waals surface area (Å²) in [6.07, 6.45) is -3.02. The van der Waals surface area contributed by atoms with Crippen LogP contribution in [-0.2, 0) is 18.9 Å². The lowest BCUT2D eigenvalue weighted by Crippen LogP contribution is -2.56. The second-order valence-corrected chi connectivity index (χ2v) is 2.99. The third-order valence-electron chi connectivity index (χ3n) is 2.15. The van der Waals surface area contributed by atoms with Crippen LogP contribution in [0.4, 0.5) is 0 Å². The number of aliphatic hydroxyl groups excluding tert-OH is 1. The molecule has 0 aliphatic carbocycles. The predicted octanol–water partition coefficient (Wildman–Crippen LogP) is -1.59. The van der Waals surface area contributed by atoms with E-state index in [0.717, 1.165) is 0 Å². The van der Waals surface area contributed by atoms with Crippen LogP contribution in [0.2, 0.25) is 0 Å². The molecule has 2 rings (SSSR count). The quantitative estimate of drug-likeness (QED) is 0.488. The lowest BCUT2D eigenvalue weighted by molar-refractivity contribution is -0.330. The first kappa shape index (κ1) is 9.32. The molecule has 2 saturated heterocycles. The zero-order chi connectivity index (χ0) is 9.26. The largest absolute Gasteiger partial charge is 0.366 e. The van der Waals surface area contributed by atoms with Gasteiger partial charge in [-0.25, -0.2) is 0 Å². The fourth-order valence-electron chi connectivity index (χ4n) is 1.50. The van der Waals surface area contributed by atoms with Gasteiger partial charge in [-0.3, -0.25) is 0 Å². The van der Waals surface area contributed by atoms with E-state index in [1.165, 1.54) is 0 Å². The first-order valence-electron chi connectivity index (χ1n) is 4.08. The molecule has 13 heavy (non-hydrogen) atoms. The summed E-state index contributed by atoms with van der Waals surface area (Å²) >= 11 is 0. The van der Waals surface area contributed by atoms with Crippen LogP contribution >= 0.6 is 0 Å². The van der Waals surface area contributed by atoms with Crippen molar-refractivity contribution in [1.82, 2.24) is 0 Å². The van der Waals surface area contributed by atoms with Crippen molar-refractivity contribution in [2.45, 2.75) is 24.6 Å². The summed E-state index contributed by atoms with van der Waals surface area (Å²) in [6.45, 7) is 0.574. The molecule has 6 nitrogen and oxygen atoms in total. The van der Waals surface area contributed by atoms with Crippen LogP contribution in [0.15, 0.2) is 0 Å². The van der Waals surface area contributed by atoms with Gasteiger partial charge in [0.25, 0.3) is 0 Å². The van der Waals surface area contributed by atoms with Crippen molar-refractivity contribution < 1.29 is 29.2 Å². The van der Waals surface area contributed by atoms with Crippen LogP contribution in [0, 0.1) is 0 Å². The van der Waals surface area contributed by atoms with Gasteiger partial charge in [-0.2, -0.15) is 0 Å². The minimum atomic E-state index is -1.55. The van der Waals surface area contributed by atoms with Gasteiger partial charge >= 0.3 is 0 Å². The van der Waals surface area contributed by atoms with E-state index in [2.05, 4.69) is 0 Å². The maximum absolute atomic E-state index is 8.97. The fraction of sp³-hybridized carbons (Fsp3) is 1.00. The standard InChI is InChI=1S/C7H12O6/c8-7(9)6-5-4(11-3-13-6)1-10-2-12-5/h4-9H,1-3H2/t4-,5+,6-/m0/s1. The second-order valence-electron chi connectivity index (χ2n) is 2.99. The molecule has 2 N–H and O–H groups in total. The number of hydrogen-bond donors (Lipinski definition) is 2. The average molecular weight is 192 g/mol. The molecular formula is C7H12O6. The monoisotopic (exact) mass is 192 g/mol. The van der Waals surface area contributed by atoms with Crippen LogP contribution in [-0.4, -0.2) is 55.0 Å². The molecule has 2 aliphatic rings. The first-order chi connectivity index (χ1) is 6.29. The SMILES string of the molecule is OC(O)[C@H]1OCO[C@H]2COCO[C@H]21. The van der Waals surface area contributed by atoms with E-state index in [4.69, 9.17) is 29.2 Å². The van der Waals surface area contributed by atoms with E-state index in [-0.39, 0.29) is 19.7 Å². The molecule has 6 heteroatoms. The van der Waals surface area contributed by atoms with E-state index in [0.29, 0.717) is 6.61 Å². The van der Waals surface area contributed by atoms with Crippen molar-refractivity contribution in [2.24, 2.45) is 0 Å². The summed E-state index contributed by atoms with van der Waals surface area (Å²) in [4.78, 5) is 0. The zero-order valence-corrected chi connectivity index (χ0v) is 6.96.